The Hall–Kier alpha value is -1.59. The number of nitrogens with one attached hydrogen (secondary N) is 1. The van der Waals surface area contributed by atoms with Gasteiger partial charge >= 0.3 is 0 Å². The van der Waals surface area contributed by atoms with Gasteiger partial charge in [0.05, 0.1) is 12.8 Å². The van der Waals surface area contributed by atoms with Gasteiger partial charge in [-0.2, -0.15) is 0 Å². The molecule has 0 fully saturated rings. The number of aliphatic hydroxyl groups is 1. The Labute approximate surface area is 116 Å². The molecule has 2 aromatic rings. The van der Waals surface area contributed by atoms with E-state index in [4.69, 9.17) is 4.42 Å². The number of carbonyl (C=O) groups is 1. The summed E-state index contributed by atoms with van der Waals surface area (Å²) < 4.78 is 5.32. The molecule has 1 unspecified atom stereocenters. The second-order valence-electron chi connectivity index (χ2n) is 4.34. The molecule has 0 aliphatic heterocycles. The number of carbonyl (C=O) groups excluding carboxylic acids is 1. The summed E-state index contributed by atoms with van der Waals surface area (Å²) >= 11 is 1.43. The molecule has 19 heavy (non-hydrogen) atoms. The quantitative estimate of drug-likeness (QED) is 0.854. The highest BCUT2D eigenvalue weighted by molar-refractivity contribution is 7.10. The van der Waals surface area contributed by atoms with Crippen molar-refractivity contribution < 1.29 is 14.3 Å². The fourth-order valence-electron chi connectivity index (χ4n) is 1.87. The van der Waals surface area contributed by atoms with Gasteiger partial charge in [0.1, 0.15) is 5.76 Å². The molecule has 0 radical (unpaired) electrons. The van der Waals surface area contributed by atoms with Gasteiger partial charge in [0.25, 0.3) is 0 Å². The van der Waals surface area contributed by atoms with Crippen LogP contribution in [0.5, 0.6) is 0 Å². The van der Waals surface area contributed by atoms with Crippen molar-refractivity contribution in [1.82, 2.24) is 5.32 Å². The van der Waals surface area contributed by atoms with Crippen molar-refractivity contribution in [1.29, 1.82) is 0 Å². The zero-order valence-corrected chi connectivity index (χ0v) is 11.6. The summed E-state index contributed by atoms with van der Waals surface area (Å²) in [6.07, 6.45) is 2.75. The minimum Gasteiger partial charge on any atom is -0.466 e. The van der Waals surface area contributed by atoms with Gasteiger partial charge in [0, 0.05) is 11.3 Å². The highest BCUT2D eigenvalue weighted by atomic mass is 32.1. The van der Waals surface area contributed by atoms with Crippen LogP contribution in [-0.2, 0) is 10.4 Å². The van der Waals surface area contributed by atoms with Crippen molar-refractivity contribution in [2.75, 3.05) is 6.54 Å². The summed E-state index contributed by atoms with van der Waals surface area (Å²) in [6, 6.07) is 7.13. The van der Waals surface area contributed by atoms with E-state index in [0.717, 1.165) is 11.3 Å². The Morgan fingerprint density at radius 3 is 2.89 bits per heavy atom. The number of amides is 1. The monoisotopic (exact) mass is 279 g/mol. The molecule has 1 atom stereocenters. The van der Waals surface area contributed by atoms with Crippen molar-refractivity contribution in [2.45, 2.75) is 25.4 Å². The largest absolute Gasteiger partial charge is 0.466 e. The van der Waals surface area contributed by atoms with Gasteiger partial charge in [-0.05, 0) is 30.0 Å². The van der Waals surface area contributed by atoms with E-state index in [1.54, 1.807) is 12.1 Å². The second kappa shape index (κ2) is 6.04. The summed E-state index contributed by atoms with van der Waals surface area (Å²) in [5.74, 6) is 0.371. The van der Waals surface area contributed by atoms with Crippen LogP contribution < -0.4 is 5.32 Å². The lowest BCUT2D eigenvalue weighted by Gasteiger charge is -2.25. The van der Waals surface area contributed by atoms with E-state index in [1.807, 2.05) is 24.4 Å². The average Bonchev–Trinajstić information content (AvgIpc) is 3.08. The van der Waals surface area contributed by atoms with Crippen molar-refractivity contribution >= 4 is 17.2 Å². The van der Waals surface area contributed by atoms with E-state index in [0.29, 0.717) is 12.2 Å². The molecule has 0 saturated carbocycles. The molecular formula is C14H17NO3S. The molecule has 0 aromatic carbocycles. The first-order chi connectivity index (χ1) is 9.16. The molecule has 0 spiro atoms. The van der Waals surface area contributed by atoms with Crippen LogP contribution in [-0.4, -0.2) is 17.6 Å². The summed E-state index contributed by atoms with van der Waals surface area (Å²) in [5, 5.41) is 15.5. The van der Waals surface area contributed by atoms with Crippen LogP contribution in [0.15, 0.2) is 40.3 Å². The van der Waals surface area contributed by atoms with Crippen LogP contribution in [0.1, 0.15) is 30.4 Å². The van der Waals surface area contributed by atoms with Gasteiger partial charge < -0.3 is 14.8 Å². The second-order valence-corrected chi connectivity index (χ2v) is 5.29. The molecule has 102 valence electrons. The van der Waals surface area contributed by atoms with Gasteiger partial charge in [0.2, 0.25) is 5.91 Å². The fourth-order valence-corrected chi connectivity index (χ4v) is 2.69. The smallest absolute Gasteiger partial charge is 0.220 e. The third-order valence-corrected chi connectivity index (χ3v) is 3.90. The zero-order chi connectivity index (χ0) is 13.7. The van der Waals surface area contributed by atoms with E-state index in [2.05, 4.69) is 5.32 Å². The van der Waals surface area contributed by atoms with Crippen molar-refractivity contribution in [3.05, 3.63) is 46.5 Å². The summed E-state index contributed by atoms with van der Waals surface area (Å²) in [6.45, 7) is 2.05. The van der Waals surface area contributed by atoms with E-state index in [-0.39, 0.29) is 12.5 Å². The predicted octanol–water partition coefficient (Wildman–Crippen LogP) is 2.49. The van der Waals surface area contributed by atoms with Gasteiger partial charge in [-0.15, -0.1) is 11.3 Å². The molecule has 1 amide bonds. The highest BCUT2D eigenvalue weighted by Gasteiger charge is 2.35. The SMILES string of the molecule is CCCC(=O)NCC(O)(c1ccco1)c1cccs1. The fraction of sp³-hybridized carbons (Fsp3) is 0.357. The van der Waals surface area contributed by atoms with Crippen LogP contribution >= 0.6 is 11.3 Å². The third-order valence-electron chi connectivity index (χ3n) is 2.88. The minimum absolute atomic E-state index is 0.0657. The lowest BCUT2D eigenvalue weighted by atomic mass is 9.98. The first kappa shape index (κ1) is 13.8. The third kappa shape index (κ3) is 3.05. The van der Waals surface area contributed by atoms with Crippen LogP contribution in [0.3, 0.4) is 0 Å². The highest BCUT2D eigenvalue weighted by Crippen LogP contribution is 2.32. The number of thiophene rings is 1. The number of rotatable bonds is 6. The molecule has 2 rings (SSSR count). The Kier molecular flexibility index (Phi) is 4.39. The Balaban J connectivity index is 2.19. The number of hydrogen-bond acceptors (Lipinski definition) is 4. The Morgan fingerprint density at radius 2 is 2.32 bits per heavy atom. The normalized spacial score (nSPS) is 14.0. The standard InChI is InChI=1S/C14H17NO3S/c1-2-5-13(16)15-10-14(17,11-6-3-8-18-11)12-7-4-9-19-12/h3-4,6-9,17H,2,5,10H2,1H3,(H,15,16). The van der Waals surface area contributed by atoms with E-state index >= 15 is 0 Å². The Morgan fingerprint density at radius 1 is 1.47 bits per heavy atom. The number of hydrogen-bond donors (Lipinski definition) is 2. The van der Waals surface area contributed by atoms with Crippen molar-refractivity contribution in [3.63, 3.8) is 0 Å². The van der Waals surface area contributed by atoms with Crippen LogP contribution in [0, 0.1) is 0 Å². The molecule has 4 nitrogen and oxygen atoms in total. The topological polar surface area (TPSA) is 62.5 Å². The maximum atomic E-state index is 11.6. The van der Waals surface area contributed by atoms with Gasteiger partial charge in [-0.25, -0.2) is 0 Å². The van der Waals surface area contributed by atoms with Crippen LogP contribution in [0.2, 0.25) is 0 Å². The van der Waals surface area contributed by atoms with E-state index < -0.39 is 5.60 Å². The molecule has 0 bridgehead atoms. The first-order valence-corrected chi connectivity index (χ1v) is 7.12. The van der Waals surface area contributed by atoms with Gasteiger partial charge in [-0.3, -0.25) is 4.79 Å². The maximum absolute atomic E-state index is 11.6. The lowest BCUT2D eigenvalue weighted by molar-refractivity contribution is -0.122. The molecule has 2 aromatic heterocycles. The predicted molar refractivity (Wildman–Crippen MR) is 73.9 cm³/mol. The molecule has 5 heteroatoms. The summed E-state index contributed by atoms with van der Waals surface area (Å²) in [7, 11) is 0. The summed E-state index contributed by atoms with van der Waals surface area (Å²) in [4.78, 5) is 12.3. The van der Waals surface area contributed by atoms with Crippen molar-refractivity contribution in [2.24, 2.45) is 0 Å². The van der Waals surface area contributed by atoms with Crippen LogP contribution in [0.4, 0.5) is 0 Å². The van der Waals surface area contributed by atoms with Crippen LogP contribution in [0.25, 0.3) is 0 Å². The van der Waals surface area contributed by atoms with Gasteiger partial charge in [0.15, 0.2) is 5.60 Å². The minimum atomic E-state index is -1.30. The molecule has 0 saturated heterocycles. The van der Waals surface area contributed by atoms with E-state index in [9.17, 15) is 9.90 Å². The Bertz CT molecular complexity index is 471. The molecule has 0 aliphatic rings. The average molecular weight is 279 g/mol. The maximum Gasteiger partial charge on any atom is 0.220 e. The molecule has 2 heterocycles. The lowest BCUT2D eigenvalue weighted by Crippen LogP contribution is -2.40. The molecule has 2 N–H and O–H groups in total. The molecular weight excluding hydrogens is 262 g/mol. The van der Waals surface area contributed by atoms with Crippen molar-refractivity contribution in [3.8, 4) is 0 Å². The summed E-state index contributed by atoms with van der Waals surface area (Å²) in [5.41, 5.74) is -1.30. The van der Waals surface area contributed by atoms with E-state index in [1.165, 1.54) is 17.6 Å². The van der Waals surface area contributed by atoms with Gasteiger partial charge in [-0.1, -0.05) is 13.0 Å². The zero-order valence-electron chi connectivity index (χ0n) is 10.8. The molecule has 0 aliphatic carbocycles. The number of furan rings is 1. The first-order valence-electron chi connectivity index (χ1n) is 6.24.